The first-order valence-corrected chi connectivity index (χ1v) is 12.2. The van der Waals surface area contributed by atoms with E-state index in [0.29, 0.717) is 10.7 Å². The number of fused-ring (bicyclic) bond motifs is 1. The molecule has 182 valence electrons. The van der Waals surface area contributed by atoms with Gasteiger partial charge in [0.05, 0.1) is 21.8 Å². The van der Waals surface area contributed by atoms with Crippen LogP contribution in [0.1, 0.15) is 28.3 Å². The highest BCUT2D eigenvalue weighted by Gasteiger charge is 2.48. The van der Waals surface area contributed by atoms with E-state index in [1.54, 1.807) is 0 Å². The summed E-state index contributed by atoms with van der Waals surface area (Å²) in [6.45, 7) is 3.95. The molecule has 0 spiro atoms. The molecular weight excluding hydrogens is 477 g/mol. The van der Waals surface area contributed by atoms with E-state index in [0.717, 1.165) is 27.0 Å². The number of anilines is 2. The first kappa shape index (κ1) is 23.7. The van der Waals surface area contributed by atoms with Crippen LogP contribution in [-0.2, 0) is 9.59 Å². The van der Waals surface area contributed by atoms with Crippen molar-refractivity contribution < 1.29 is 19.1 Å². The molecule has 36 heavy (non-hydrogen) atoms. The van der Waals surface area contributed by atoms with Crippen LogP contribution in [0.2, 0.25) is 0 Å². The molecule has 1 aliphatic rings. The molecule has 1 aromatic heterocycles. The minimum absolute atomic E-state index is 0.0589. The summed E-state index contributed by atoms with van der Waals surface area (Å²) in [6, 6.07) is 15.7. The lowest BCUT2D eigenvalue weighted by molar-refractivity contribution is -0.132. The fourth-order valence-electron chi connectivity index (χ4n) is 4.53. The Labute approximate surface area is 211 Å². The van der Waals surface area contributed by atoms with Crippen LogP contribution in [-0.4, -0.2) is 35.9 Å². The van der Waals surface area contributed by atoms with Gasteiger partial charge in [-0.2, -0.15) is 0 Å². The summed E-state index contributed by atoms with van der Waals surface area (Å²) in [6.07, 6.45) is 0. The number of aliphatic hydroxyl groups excluding tert-OH is 1. The van der Waals surface area contributed by atoms with Crippen LogP contribution < -0.4 is 9.80 Å². The Morgan fingerprint density at radius 1 is 1.03 bits per heavy atom. The number of nitrogens with zero attached hydrogens (tertiary/aromatic N) is 3. The molecule has 4 aromatic rings. The SMILES string of the molecule is Cc1cc(C)c2nc(N3C(=O)C(=O)C(=C(O)c4ccc(F)cc4)C3c3ccc(N(C)C)cc3)sc2c1. The Morgan fingerprint density at radius 3 is 2.33 bits per heavy atom. The average Bonchev–Trinajstić information content (AvgIpc) is 3.38. The monoisotopic (exact) mass is 501 g/mol. The van der Waals surface area contributed by atoms with E-state index in [9.17, 15) is 19.1 Å². The largest absolute Gasteiger partial charge is 0.507 e. The van der Waals surface area contributed by atoms with Crippen molar-refractivity contribution in [1.82, 2.24) is 4.98 Å². The van der Waals surface area contributed by atoms with Crippen LogP contribution in [0.4, 0.5) is 15.2 Å². The zero-order chi connectivity index (χ0) is 25.7. The number of carbonyl (C=O) groups excluding carboxylic acids is 2. The van der Waals surface area contributed by atoms with Crippen molar-refractivity contribution in [2.45, 2.75) is 19.9 Å². The number of carbonyl (C=O) groups is 2. The molecule has 5 rings (SSSR count). The molecule has 0 aliphatic carbocycles. The highest BCUT2D eigenvalue weighted by Crippen LogP contribution is 2.45. The molecule has 1 saturated heterocycles. The standard InChI is InChI=1S/C28H24FN3O3S/c1-15-13-16(2)23-21(14-15)36-28(30-23)32-24(17-7-11-20(12-8-17)31(3)4)22(26(34)27(32)35)25(33)18-5-9-19(29)10-6-18/h5-14,24,33H,1-4H3. The van der Waals surface area contributed by atoms with Gasteiger partial charge in [0.2, 0.25) is 0 Å². The number of halogens is 1. The second kappa shape index (κ2) is 8.87. The first-order valence-electron chi connectivity index (χ1n) is 11.4. The third-order valence-corrected chi connectivity index (χ3v) is 7.31. The van der Waals surface area contributed by atoms with Gasteiger partial charge in [-0.1, -0.05) is 29.5 Å². The zero-order valence-electron chi connectivity index (χ0n) is 20.2. The van der Waals surface area contributed by atoms with Gasteiger partial charge in [0.1, 0.15) is 11.6 Å². The summed E-state index contributed by atoms with van der Waals surface area (Å²) in [7, 11) is 3.84. The van der Waals surface area contributed by atoms with Crippen molar-refractivity contribution in [3.8, 4) is 0 Å². The minimum Gasteiger partial charge on any atom is -0.507 e. The number of aryl methyl sites for hydroxylation is 2. The second-order valence-corrected chi connectivity index (χ2v) is 10.1. The first-order chi connectivity index (χ1) is 17.2. The van der Waals surface area contributed by atoms with Crippen LogP contribution in [0.5, 0.6) is 0 Å². The maximum absolute atomic E-state index is 13.5. The fourth-order valence-corrected chi connectivity index (χ4v) is 5.69. The lowest BCUT2D eigenvalue weighted by atomic mass is 9.95. The van der Waals surface area contributed by atoms with Crippen molar-refractivity contribution in [2.75, 3.05) is 23.9 Å². The normalized spacial score (nSPS) is 17.2. The van der Waals surface area contributed by atoms with Gasteiger partial charge < -0.3 is 10.0 Å². The second-order valence-electron chi connectivity index (χ2n) is 9.09. The maximum Gasteiger partial charge on any atom is 0.301 e. The molecule has 6 nitrogen and oxygen atoms in total. The van der Waals surface area contributed by atoms with Gasteiger partial charge >= 0.3 is 5.91 Å². The number of ketones is 1. The van der Waals surface area contributed by atoms with Crippen molar-refractivity contribution in [3.63, 3.8) is 0 Å². The summed E-state index contributed by atoms with van der Waals surface area (Å²) in [5, 5.41) is 11.6. The molecule has 0 bridgehead atoms. The Morgan fingerprint density at radius 2 is 1.69 bits per heavy atom. The topological polar surface area (TPSA) is 73.7 Å². The Hall–Kier alpha value is -4.04. The highest BCUT2D eigenvalue weighted by molar-refractivity contribution is 7.22. The van der Waals surface area contributed by atoms with Gasteiger partial charge in [-0.15, -0.1) is 0 Å². The van der Waals surface area contributed by atoms with E-state index in [2.05, 4.69) is 0 Å². The van der Waals surface area contributed by atoms with Crippen LogP contribution in [0.15, 0.2) is 66.2 Å². The number of Topliss-reactive ketones (excluding diaryl/α,β-unsaturated/α-hetero) is 1. The number of aromatic nitrogens is 1. The third kappa shape index (κ3) is 3.93. The van der Waals surface area contributed by atoms with Gasteiger partial charge in [0.25, 0.3) is 5.78 Å². The molecular formula is C28H24FN3O3S. The summed E-state index contributed by atoms with van der Waals surface area (Å²) >= 11 is 1.33. The molecule has 0 saturated carbocycles. The van der Waals surface area contributed by atoms with E-state index < -0.39 is 23.5 Å². The third-order valence-electron chi connectivity index (χ3n) is 6.31. The van der Waals surface area contributed by atoms with Crippen molar-refractivity contribution >= 4 is 49.8 Å². The predicted molar refractivity (Wildman–Crippen MR) is 141 cm³/mol. The predicted octanol–water partition coefficient (Wildman–Crippen LogP) is 5.74. The number of hydrogen-bond donors (Lipinski definition) is 1. The molecule has 2 heterocycles. The summed E-state index contributed by atoms with van der Waals surface area (Å²) in [4.78, 5) is 34.8. The Balaban J connectivity index is 1.73. The lowest BCUT2D eigenvalue weighted by Crippen LogP contribution is -2.29. The molecule has 1 unspecified atom stereocenters. The number of aliphatic hydroxyl groups is 1. The smallest absolute Gasteiger partial charge is 0.301 e. The van der Waals surface area contributed by atoms with Gasteiger partial charge in [0.15, 0.2) is 5.13 Å². The number of rotatable bonds is 4. The molecule has 1 amide bonds. The average molecular weight is 502 g/mol. The van der Waals surface area contributed by atoms with E-state index in [4.69, 9.17) is 4.98 Å². The Kier molecular flexibility index (Phi) is 5.84. The number of benzene rings is 3. The number of amides is 1. The summed E-state index contributed by atoms with van der Waals surface area (Å²) < 4.78 is 14.4. The van der Waals surface area contributed by atoms with Gasteiger partial charge in [0, 0.05) is 25.3 Å². The molecule has 0 radical (unpaired) electrons. The van der Waals surface area contributed by atoms with Crippen molar-refractivity contribution in [2.24, 2.45) is 0 Å². The summed E-state index contributed by atoms with van der Waals surface area (Å²) in [5.74, 6) is -2.41. The molecule has 1 atom stereocenters. The fraction of sp³-hybridized carbons (Fsp3) is 0.179. The van der Waals surface area contributed by atoms with Crippen molar-refractivity contribution in [3.05, 3.63) is 94.3 Å². The minimum atomic E-state index is -0.895. The van der Waals surface area contributed by atoms with E-state index >= 15 is 0 Å². The van der Waals surface area contributed by atoms with E-state index in [1.165, 1.54) is 40.5 Å². The summed E-state index contributed by atoms with van der Waals surface area (Å²) in [5.41, 5.74) is 4.60. The quantitative estimate of drug-likeness (QED) is 0.219. The van der Waals surface area contributed by atoms with Crippen LogP contribution in [0, 0.1) is 19.7 Å². The number of thiazole rings is 1. The molecule has 1 N–H and O–H groups in total. The number of hydrogen-bond acceptors (Lipinski definition) is 6. The van der Waals surface area contributed by atoms with Gasteiger partial charge in [-0.25, -0.2) is 9.37 Å². The van der Waals surface area contributed by atoms with E-state index in [1.807, 2.05) is 69.2 Å². The van der Waals surface area contributed by atoms with Crippen LogP contribution >= 0.6 is 11.3 Å². The molecule has 8 heteroatoms. The zero-order valence-corrected chi connectivity index (χ0v) is 21.1. The lowest BCUT2D eigenvalue weighted by Gasteiger charge is -2.23. The van der Waals surface area contributed by atoms with E-state index in [-0.39, 0.29) is 16.9 Å². The molecule has 1 fully saturated rings. The molecule has 1 aliphatic heterocycles. The highest BCUT2D eigenvalue weighted by atomic mass is 32.1. The van der Waals surface area contributed by atoms with Gasteiger partial charge in [-0.05, 0) is 73.0 Å². The van der Waals surface area contributed by atoms with Crippen LogP contribution in [0.3, 0.4) is 0 Å². The maximum atomic E-state index is 13.5. The van der Waals surface area contributed by atoms with Gasteiger partial charge in [-0.3, -0.25) is 14.5 Å². The Bertz CT molecular complexity index is 1540. The molecule has 3 aromatic carbocycles. The van der Waals surface area contributed by atoms with Crippen LogP contribution in [0.25, 0.3) is 16.0 Å². The van der Waals surface area contributed by atoms with Crippen molar-refractivity contribution in [1.29, 1.82) is 0 Å².